The van der Waals surface area contributed by atoms with Gasteiger partial charge in [-0.15, -0.1) is 0 Å². The normalized spacial score (nSPS) is 37.8. The molecule has 0 spiro atoms. The molecule has 104 valence electrons. The van der Waals surface area contributed by atoms with Gasteiger partial charge in [0.2, 0.25) is 0 Å². The molecular weight excluding hydrogens is 222 g/mol. The van der Waals surface area contributed by atoms with Crippen molar-refractivity contribution in [2.24, 2.45) is 0 Å². The van der Waals surface area contributed by atoms with Crippen molar-refractivity contribution in [1.29, 1.82) is 0 Å². The zero-order valence-electron chi connectivity index (χ0n) is 12.1. The summed E-state index contributed by atoms with van der Waals surface area (Å²) in [5.41, 5.74) is 0. The molecule has 2 aliphatic heterocycles. The van der Waals surface area contributed by atoms with Crippen molar-refractivity contribution in [3.63, 3.8) is 0 Å². The molecule has 2 heterocycles. The minimum Gasteiger partial charge on any atom is -0.313 e. The van der Waals surface area contributed by atoms with Gasteiger partial charge in [-0.05, 0) is 52.1 Å². The fourth-order valence-corrected chi connectivity index (χ4v) is 3.94. The van der Waals surface area contributed by atoms with Gasteiger partial charge >= 0.3 is 0 Å². The van der Waals surface area contributed by atoms with Crippen molar-refractivity contribution in [3.8, 4) is 0 Å². The molecule has 3 atom stereocenters. The van der Waals surface area contributed by atoms with Gasteiger partial charge in [-0.2, -0.15) is 0 Å². The highest BCUT2D eigenvalue weighted by Gasteiger charge is 2.40. The first-order valence-corrected chi connectivity index (χ1v) is 8.01. The van der Waals surface area contributed by atoms with Crippen LogP contribution in [0.5, 0.6) is 0 Å². The van der Waals surface area contributed by atoms with Gasteiger partial charge in [-0.3, -0.25) is 9.80 Å². The Morgan fingerprint density at radius 3 is 2.72 bits per heavy atom. The van der Waals surface area contributed by atoms with Crippen molar-refractivity contribution < 1.29 is 0 Å². The van der Waals surface area contributed by atoms with E-state index in [0.29, 0.717) is 0 Å². The molecule has 3 unspecified atom stereocenters. The topological polar surface area (TPSA) is 18.5 Å². The maximum absolute atomic E-state index is 3.65. The van der Waals surface area contributed by atoms with E-state index in [1.54, 1.807) is 0 Å². The summed E-state index contributed by atoms with van der Waals surface area (Å²) in [5.74, 6) is 0. The number of rotatable bonds is 5. The fraction of sp³-hybridized carbons (Fsp3) is 1.00. The monoisotopic (exact) mass is 251 g/mol. The molecule has 2 saturated heterocycles. The largest absolute Gasteiger partial charge is 0.313 e. The molecule has 0 bridgehead atoms. The summed E-state index contributed by atoms with van der Waals surface area (Å²) in [5, 5.41) is 3.65. The summed E-state index contributed by atoms with van der Waals surface area (Å²) < 4.78 is 0. The highest BCUT2D eigenvalue weighted by Crippen LogP contribution is 2.34. The number of hydrogen-bond donors (Lipinski definition) is 1. The number of nitrogens with one attached hydrogen (secondary N) is 1. The maximum atomic E-state index is 3.65. The van der Waals surface area contributed by atoms with Crippen molar-refractivity contribution in [3.05, 3.63) is 0 Å². The van der Waals surface area contributed by atoms with Crippen LogP contribution in [0.4, 0.5) is 0 Å². The van der Waals surface area contributed by atoms with Crippen molar-refractivity contribution in [1.82, 2.24) is 15.1 Å². The first-order valence-electron chi connectivity index (χ1n) is 8.01. The van der Waals surface area contributed by atoms with E-state index in [0.717, 1.165) is 24.2 Å². The Morgan fingerprint density at radius 2 is 2.11 bits per heavy atom. The van der Waals surface area contributed by atoms with Crippen LogP contribution in [0.3, 0.4) is 0 Å². The van der Waals surface area contributed by atoms with Crippen LogP contribution in [0.25, 0.3) is 0 Å². The number of likely N-dealkylation sites (N-methyl/N-ethyl adjacent to an activating group) is 1. The molecule has 0 radical (unpaired) electrons. The van der Waals surface area contributed by atoms with Gasteiger partial charge in [0.25, 0.3) is 0 Å². The highest BCUT2D eigenvalue weighted by molar-refractivity contribution is 4.97. The fourth-order valence-electron chi connectivity index (χ4n) is 3.94. The number of hydrogen-bond acceptors (Lipinski definition) is 3. The molecule has 3 heteroatoms. The van der Waals surface area contributed by atoms with Crippen LogP contribution >= 0.6 is 0 Å². The van der Waals surface area contributed by atoms with E-state index in [4.69, 9.17) is 0 Å². The Kier molecular flexibility index (Phi) is 3.92. The van der Waals surface area contributed by atoms with E-state index in [9.17, 15) is 0 Å². The lowest BCUT2D eigenvalue weighted by Crippen LogP contribution is -2.44. The van der Waals surface area contributed by atoms with Crippen LogP contribution in [-0.2, 0) is 0 Å². The Hall–Kier alpha value is -0.120. The van der Waals surface area contributed by atoms with Crippen LogP contribution in [-0.4, -0.2) is 60.1 Å². The molecule has 3 aliphatic rings. The second kappa shape index (κ2) is 5.48. The lowest BCUT2D eigenvalue weighted by molar-refractivity contribution is 0.182. The number of nitrogens with zero attached hydrogens (tertiary/aromatic N) is 2. The van der Waals surface area contributed by atoms with E-state index in [1.165, 1.54) is 58.3 Å². The molecule has 3 rings (SSSR count). The Balaban J connectivity index is 1.54. The Bertz CT molecular complexity index is 269. The SMILES string of the molecule is CCN(CC1CCCN1)C1CC(C)N(C2CC2)C1. The lowest BCUT2D eigenvalue weighted by Gasteiger charge is -2.30. The van der Waals surface area contributed by atoms with E-state index in [1.807, 2.05) is 0 Å². The average molecular weight is 251 g/mol. The predicted octanol–water partition coefficient (Wildman–Crippen LogP) is 1.69. The van der Waals surface area contributed by atoms with E-state index < -0.39 is 0 Å². The second-order valence-corrected chi connectivity index (χ2v) is 6.55. The molecule has 1 N–H and O–H groups in total. The molecule has 0 aromatic carbocycles. The Labute approximate surface area is 112 Å². The minimum absolute atomic E-state index is 0.759. The van der Waals surface area contributed by atoms with Gasteiger partial charge in [-0.25, -0.2) is 0 Å². The van der Waals surface area contributed by atoms with Crippen molar-refractivity contribution >= 4 is 0 Å². The zero-order valence-corrected chi connectivity index (χ0v) is 12.1. The van der Waals surface area contributed by atoms with E-state index in [2.05, 4.69) is 29.0 Å². The molecule has 3 fully saturated rings. The maximum Gasteiger partial charge on any atom is 0.0238 e. The van der Waals surface area contributed by atoms with Crippen molar-refractivity contribution in [2.75, 3.05) is 26.2 Å². The van der Waals surface area contributed by atoms with Gasteiger partial charge in [0.05, 0.1) is 0 Å². The molecule has 0 aromatic heterocycles. The zero-order chi connectivity index (χ0) is 12.5. The highest BCUT2D eigenvalue weighted by atomic mass is 15.3. The molecule has 1 saturated carbocycles. The summed E-state index contributed by atoms with van der Waals surface area (Å²) in [6, 6.07) is 3.32. The quantitative estimate of drug-likeness (QED) is 0.802. The lowest BCUT2D eigenvalue weighted by atomic mass is 10.1. The molecule has 18 heavy (non-hydrogen) atoms. The molecule has 3 nitrogen and oxygen atoms in total. The summed E-state index contributed by atoms with van der Waals surface area (Å²) in [6.45, 7) is 9.81. The van der Waals surface area contributed by atoms with E-state index >= 15 is 0 Å². The number of likely N-dealkylation sites (tertiary alicyclic amines) is 1. The Morgan fingerprint density at radius 1 is 1.28 bits per heavy atom. The molecular formula is C15H29N3. The summed E-state index contributed by atoms with van der Waals surface area (Å²) in [4.78, 5) is 5.51. The standard InChI is InChI=1S/C15H29N3/c1-3-17(10-13-5-4-8-16-13)15-9-12(2)18(11-15)14-6-7-14/h12-16H,3-11H2,1-2H3. The van der Waals surface area contributed by atoms with Gasteiger partial charge in [0, 0.05) is 37.3 Å². The van der Waals surface area contributed by atoms with Crippen LogP contribution < -0.4 is 5.32 Å². The van der Waals surface area contributed by atoms with Crippen LogP contribution in [0, 0.1) is 0 Å². The van der Waals surface area contributed by atoms with E-state index in [-0.39, 0.29) is 0 Å². The van der Waals surface area contributed by atoms with Crippen LogP contribution in [0.15, 0.2) is 0 Å². The van der Waals surface area contributed by atoms with Crippen molar-refractivity contribution in [2.45, 2.75) is 70.1 Å². The third-order valence-electron chi connectivity index (χ3n) is 5.16. The minimum atomic E-state index is 0.759. The smallest absolute Gasteiger partial charge is 0.0238 e. The first-order chi connectivity index (χ1) is 8.78. The summed E-state index contributed by atoms with van der Waals surface area (Å²) in [7, 11) is 0. The average Bonchev–Trinajstić information content (AvgIpc) is 2.94. The van der Waals surface area contributed by atoms with Crippen LogP contribution in [0.2, 0.25) is 0 Å². The van der Waals surface area contributed by atoms with Gasteiger partial charge in [-0.1, -0.05) is 6.92 Å². The molecule has 0 amide bonds. The summed E-state index contributed by atoms with van der Waals surface area (Å²) in [6.07, 6.45) is 7.04. The van der Waals surface area contributed by atoms with Crippen LogP contribution in [0.1, 0.15) is 46.0 Å². The first kappa shape index (κ1) is 12.9. The third kappa shape index (κ3) is 2.73. The predicted molar refractivity (Wildman–Crippen MR) is 75.9 cm³/mol. The van der Waals surface area contributed by atoms with Gasteiger partial charge in [0.15, 0.2) is 0 Å². The van der Waals surface area contributed by atoms with Gasteiger partial charge < -0.3 is 5.32 Å². The second-order valence-electron chi connectivity index (χ2n) is 6.55. The summed E-state index contributed by atoms with van der Waals surface area (Å²) >= 11 is 0. The molecule has 1 aliphatic carbocycles. The molecule has 0 aromatic rings. The third-order valence-corrected chi connectivity index (χ3v) is 5.16. The van der Waals surface area contributed by atoms with Gasteiger partial charge in [0.1, 0.15) is 0 Å².